The zero-order valence-corrected chi connectivity index (χ0v) is 33.0. The number of esters is 1. The third kappa shape index (κ3) is 9.47. The predicted molar refractivity (Wildman–Crippen MR) is 216 cm³/mol. The topological polar surface area (TPSA) is 161 Å². The van der Waals surface area contributed by atoms with E-state index in [4.69, 9.17) is 14.2 Å². The highest BCUT2D eigenvalue weighted by atomic mass is 16.5. The summed E-state index contributed by atoms with van der Waals surface area (Å²) >= 11 is 0. The molecular weight excluding hydrogens is 713 g/mol. The summed E-state index contributed by atoms with van der Waals surface area (Å²) < 4.78 is 17.5. The number of fused-ring (bicyclic) bond motifs is 9. The summed E-state index contributed by atoms with van der Waals surface area (Å²) in [7, 11) is 4.45. The first-order valence-corrected chi connectivity index (χ1v) is 19.1. The summed E-state index contributed by atoms with van der Waals surface area (Å²) in [6.45, 7) is 4.86. The molecule has 4 aromatic carbocycles. The highest BCUT2D eigenvalue weighted by Crippen LogP contribution is 2.48. The van der Waals surface area contributed by atoms with Crippen molar-refractivity contribution in [3.63, 3.8) is 0 Å². The third-order valence-corrected chi connectivity index (χ3v) is 10.1. The molecule has 1 heterocycles. The lowest BCUT2D eigenvalue weighted by Gasteiger charge is -2.25. The molecule has 5 rings (SSSR count). The van der Waals surface area contributed by atoms with Crippen molar-refractivity contribution in [3.05, 3.63) is 83.9 Å². The van der Waals surface area contributed by atoms with Gasteiger partial charge in [0, 0.05) is 24.5 Å². The number of hydrogen-bond donors (Lipinski definition) is 4. The fourth-order valence-electron chi connectivity index (χ4n) is 7.33. The molecule has 0 saturated carbocycles. The highest BCUT2D eigenvalue weighted by molar-refractivity contribution is 6.11. The van der Waals surface area contributed by atoms with Crippen LogP contribution in [0.4, 0.5) is 0 Å². The van der Waals surface area contributed by atoms with Gasteiger partial charge in [-0.15, -0.1) is 0 Å². The summed E-state index contributed by atoms with van der Waals surface area (Å²) in [6, 6.07) is 15.7. The minimum absolute atomic E-state index is 0.0282. The van der Waals surface area contributed by atoms with Crippen LogP contribution in [-0.2, 0) is 41.6 Å². The molecule has 1 aliphatic heterocycles. The summed E-state index contributed by atoms with van der Waals surface area (Å²) in [6.07, 6.45) is 7.00. The van der Waals surface area contributed by atoms with Crippen molar-refractivity contribution in [1.82, 2.24) is 21.3 Å². The second-order valence-corrected chi connectivity index (χ2v) is 14.1. The van der Waals surface area contributed by atoms with Crippen LogP contribution in [0.15, 0.2) is 72.8 Å². The van der Waals surface area contributed by atoms with Crippen molar-refractivity contribution in [2.24, 2.45) is 0 Å². The lowest BCUT2D eigenvalue weighted by Crippen LogP contribution is -2.57. The van der Waals surface area contributed by atoms with Crippen LogP contribution in [0.2, 0.25) is 0 Å². The minimum atomic E-state index is -1.10. The van der Waals surface area contributed by atoms with Crippen LogP contribution >= 0.6 is 0 Å². The Bertz CT molecular complexity index is 2130. The molecule has 0 spiro atoms. The van der Waals surface area contributed by atoms with E-state index in [9.17, 15) is 24.0 Å². The van der Waals surface area contributed by atoms with Crippen molar-refractivity contribution < 1.29 is 38.2 Å². The molecule has 0 radical (unpaired) electrons. The summed E-state index contributed by atoms with van der Waals surface area (Å²) in [4.78, 5) is 66.8. The van der Waals surface area contributed by atoms with E-state index >= 15 is 0 Å². The van der Waals surface area contributed by atoms with Gasteiger partial charge in [-0.05, 0) is 71.0 Å². The Morgan fingerprint density at radius 2 is 1.38 bits per heavy atom. The average molecular weight is 765 g/mol. The Hall–Kier alpha value is -5.91. The van der Waals surface area contributed by atoms with E-state index in [1.165, 1.54) is 21.0 Å². The summed E-state index contributed by atoms with van der Waals surface area (Å²) in [5.41, 5.74) is 3.05. The Labute approximate surface area is 327 Å². The second kappa shape index (κ2) is 19.1. The molecule has 4 aromatic rings. The molecule has 0 fully saturated rings. The molecule has 4 N–H and O–H groups in total. The van der Waals surface area contributed by atoms with Gasteiger partial charge in [0.05, 0.1) is 21.3 Å². The molecule has 1 unspecified atom stereocenters. The maximum absolute atomic E-state index is 14.0. The van der Waals surface area contributed by atoms with Crippen molar-refractivity contribution in [3.8, 4) is 22.6 Å². The number of amides is 4. The van der Waals surface area contributed by atoms with Gasteiger partial charge in [-0.2, -0.15) is 0 Å². The van der Waals surface area contributed by atoms with Crippen LogP contribution in [0.5, 0.6) is 11.5 Å². The van der Waals surface area contributed by atoms with E-state index in [-0.39, 0.29) is 12.8 Å². The molecule has 0 aromatic heterocycles. The number of ether oxygens (including phenoxy) is 3. The fraction of sp³-hybridized carbons (Fsp3) is 0.386. The number of methoxy groups -OCH3 is 3. The number of rotatable bonds is 8. The molecule has 1 aliphatic rings. The lowest BCUT2D eigenvalue weighted by molar-refractivity contribution is -0.145. The third-order valence-electron chi connectivity index (χ3n) is 10.1. The van der Waals surface area contributed by atoms with Crippen molar-refractivity contribution in [2.75, 3.05) is 21.3 Å². The Kier molecular flexibility index (Phi) is 14.1. The maximum Gasteiger partial charge on any atom is 0.328 e. The first-order chi connectivity index (χ1) is 27.0. The van der Waals surface area contributed by atoms with Gasteiger partial charge < -0.3 is 35.5 Å². The van der Waals surface area contributed by atoms with Gasteiger partial charge in [0.25, 0.3) is 0 Å². The van der Waals surface area contributed by atoms with Crippen LogP contribution in [0, 0.1) is 0 Å². The Balaban J connectivity index is 1.73. The normalized spacial score (nSPS) is 19.6. The number of allylic oxidation sites excluding steroid dienone is 1. The Morgan fingerprint density at radius 1 is 0.768 bits per heavy atom. The second-order valence-electron chi connectivity index (χ2n) is 14.1. The van der Waals surface area contributed by atoms with Gasteiger partial charge in [0.1, 0.15) is 35.7 Å². The van der Waals surface area contributed by atoms with Crippen LogP contribution in [0.25, 0.3) is 32.7 Å². The van der Waals surface area contributed by atoms with Crippen LogP contribution in [0.3, 0.4) is 0 Å². The first-order valence-electron chi connectivity index (χ1n) is 19.1. The van der Waals surface area contributed by atoms with Crippen molar-refractivity contribution >= 4 is 51.1 Å². The monoisotopic (exact) mass is 764 g/mol. The molecule has 12 heteroatoms. The predicted octanol–water partition coefficient (Wildman–Crippen LogP) is 5.45. The molecule has 4 atom stereocenters. The van der Waals surface area contributed by atoms with E-state index in [2.05, 4.69) is 27.3 Å². The molecular formula is C44H52N4O8. The average Bonchev–Trinajstić information content (AvgIpc) is 3.19. The lowest BCUT2D eigenvalue weighted by atomic mass is 9.87. The van der Waals surface area contributed by atoms with Gasteiger partial charge in [-0.3, -0.25) is 19.2 Å². The van der Waals surface area contributed by atoms with Gasteiger partial charge >= 0.3 is 5.97 Å². The molecule has 296 valence electrons. The molecule has 4 amide bonds. The minimum Gasteiger partial charge on any atom is -0.496 e. The fourth-order valence-corrected chi connectivity index (χ4v) is 7.33. The number of benzene rings is 4. The van der Waals surface area contributed by atoms with Crippen molar-refractivity contribution in [1.29, 1.82) is 0 Å². The highest BCUT2D eigenvalue weighted by Gasteiger charge is 2.31. The first kappa shape index (κ1) is 41.3. The molecule has 0 saturated heterocycles. The zero-order chi connectivity index (χ0) is 40.4. The smallest absolute Gasteiger partial charge is 0.328 e. The van der Waals surface area contributed by atoms with E-state index in [1.54, 1.807) is 14.2 Å². The standard InChI is InChI=1S/C44H52N4O8/c1-7-8-9-21-34-42(51)48-35(44(53)56-6)22-15-12-18-30-23-28-16-10-13-19-32(28)37(39(30)54-4)38-33-20-14-11-17-29(33)24-31(40(38)55-5)25-36(46-27(3)49)43(52)45-26(2)41(50)47-34/h10-17,19-20,23-24,26,34-36H,7-9,18,21-22,25H2,1-6H3,(H,45,52)(H,46,49)(H,47,50)(H,48,51)/t26-,34-,35-,36?/m0/s1. The van der Waals surface area contributed by atoms with Crippen molar-refractivity contribution in [2.45, 2.75) is 89.9 Å². The van der Waals surface area contributed by atoms with E-state index < -0.39 is 53.8 Å². The quantitative estimate of drug-likeness (QED) is 0.105. The zero-order valence-electron chi connectivity index (χ0n) is 33.0. The van der Waals surface area contributed by atoms with E-state index in [0.717, 1.165) is 51.1 Å². The number of carbonyl (C=O) groups is 5. The largest absolute Gasteiger partial charge is 0.496 e. The SMILES string of the molecule is CCCCC[C@@H]1NC(=O)[C@H](C)NC(=O)C(NC(C)=O)Cc2cc3ccccc3c(c2OC)-c2c(OC)c(cc3ccccc23)CC=CC[C@@H](C(=O)OC)NC1=O. The number of carbonyl (C=O) groups excluding carboxylic acids is 5. The Morgan fingerprint density at radius 3 is 1.96 bits per heavy atom. The van der Waals surface area contributed by atoms with Gasteiger partial charge in [-0.25, -0.2) is 4.79 Å². The van der Waals surface area contributed by atoms with Crippen LogP contribution < -0.4 is 30.7 Å². The van der Waals surface area contributed by atoms with E-state index in [0.29, 0.717) is 36.3 Å². The molecule has 4 bridgehead atoms. The van der Waals surface area contributed by atoms with Gasteiger partial charge in [0.2, 0.25) is 23.6 Å². The summed E-state index contributed by atoms with van der Waals surface area (Å²) in [5.74, 6) is -1.69. The maximum atomic E-state index is 14.0. The summed E-state index contributed by atoms with van der Waals surface area (Å²) in [5, 5.41) is 14.7. The molecule has 56 heavy (non-hydrogen) atoms. The molecule has 12 nitrogen and oxygen atoms in total. The van der Waals surface area contributed by atoms with Crippen LogP contribution in [-0.4, -0.2) is 75.1 Å². The number of unbranched alkanes of at least 4 members (excludes halogenated alkanes) is 2. The van der Waals surface area contributed by atoms with Gasteiger partial charge in [0.15, 0.2) is 0 Å². The number of hydrogen-bond acceptors (Lipinski definition) is 8. The van der Waals surface area contributed by atoms with Crippen LogP contribution in [0.1, 0.15) is 64.0 Å². The van der Waals surface area contributed by atoms with Gasteiger partial charge in [-0.1, -0.05) is 86.9 Å². The molecule has 0 aliphatic carbocycles. The van der Waals surface area contributed by atoms with E-state index in [1.807, 2.05) is 73.7 Å². The number of nitrogens with one attached hydrogen (secondary N) is 4.